The Hall–Kier alpha value is -0.820. The summed E-state index contributed by atoms with van der Waals surface area (Å²) in [5.74, 6) is 0. The average molecular weight is 191 g/mol. The molecule has 1 heteroatoms. The van der Waals surface area contributed by atoms with Crippen LogP contribution in [0, 0.1) is 13.8 Å². The Labute approximate surface area is 87.5 Å². The van der Waals surface area contributed by atoms with E-state index in [9.17, 15) is 0 Å². The zero-order valence-electron chi connectivity index (χ0n) is 9.72. The van der Waals surface area contributed by atoms with Gasteiger partial charge in [-0.3, -0.25) is 0 Å². The first-order chi connectivity index (χ1) is 6.65. The molecule has 78 valence electrons. The molecule has 14 heavy (non-hydrogen) atoms. The van der Waals surface area contributed by atoms with Gasteiger partial charge >= 0.3 is 0 Å². The van der Waals surface area contributed by atoms with Gasteiger partial charge in [-0.15, -0.1) is 0 Å². The van der Waals surface area contributed by atoms with Gasteiger partial charge in [0.05, 0.1) is 0 Å². The van der Waals surface area contributed by atoms with E-state index in [4.69, 9.17) is 0 Å². The third-order valence-corrected chi connectivity index (χ3v) is 2.59. The van der Waals surface area contributed by atoms with Crippen molar-refractivity contribution in [3.63, 3.8) is 0 Å². The van der Waals surface area contributed by atoms with Crippen LogP contribution in [0.15, 0.2) is 18.2 Å². The van der Waals surface area contributed by atoms with E-state index in [2.05, 4.69) is 51.2 Å². The van der Waals surface area contributed by atoms with Crippen molar-refractivity contribution >= 4 is 0 Å². The topological polar surface area (TPSA) is 12.0 Å². The Bertz CT molecular complexity index is 291. The highest BCUT2D eigenvalue weighted by Gasteiger charge is 2.06. The van der Waals surface area contributed by atoms with E-state index in [1.807, 2.05) is 0 Å². The second-order valence-electron chi connectivity index (χ2n) is 4.04. The van der Waals surface area contributed by atoms with E-state index in [0.29, 0.717) is 6.04 Å². The van der Waals surface area contributed by atoms with Crippen LogP contribution in [0.3, 0.4) is 0 Å². The first-order valence-electron chi connectivity index (χ1n) is 5.45. The van der Waals surface area contributed by atoms with Crippen molar-refractivity contribution in [3.05, 3.63) is 34.9 Å². The second kappa shape index (κ2) is 5.16. The molecule has 0 fully saturated rings. The highest BCUT2D eigenvalue weighted by molar-refractivity contribution is 5.32. The molecule has 0 bridgehead atoms. The summed E-state index contributed by atoms with van der Waals surface area (Å²) in [6.45, 7) is 9.84. The molecule has 1 aromatic rings. The van der Waals surface area contributed by atoms with Crippen molar-refractivity contribution in [3.8, 4) is 0 Å². The van der Waals surface area contributed by atoms with Crippen LogP contribution in [-0.4, -0.2) is 6.54 Å². The summed E-state index contributed by atoms with van der Waals surface area (Å²) in [6, 6.07) is 7.14. The third-order valence-electron chi connectivity index (χ3n) is 2.59. The first-order valence-corrected chi connectivity index (χ1v) is 5.45. The molecule has 0 saturated heterocycles. The van der Waals surface area contributed by atoms with Crippen LogP contribution in [0.25, 0.3) is 0 Å². The molecule has 0 aliphatic rings. The standard InChI is InChI=1S/C13H21N/c1-5-8-14-12(4)13-7-6-10(2)9-11(13)3/h6-7,9,12,14H,5,8H2,1-4H3. The Balaban J connectivity index is 2.74. The number of hydrogen-bond donors (Lipinski definition) is 1. The highest BCUT2D eigenvalue weighted by atomic mass is 14.9. The molecule has 0 aromatic heterocycles. The predicted molar refractivity (Wildman–Crippen MR) is 62.6 cm³/mol. The van der Waals surface area contributed by atoms with E-state index in [1.54, 1.807) is 0 Å². The van der Waals surface area contributed by atoms with Gasteiger partial charge in [-0.1, -0.05) is 30.7 Å². The van der Waals surface area contributed by atoms with Crippen molar-refractivity contribution in [2.75, 3.05) is 6.54 Å². The maximum atomic E-state index is 3.51. The maximum Gasteiger partial charge on any atom is 0.0294 e. The smallest absolute Gasteiger partial charge is 0.0294 e. The monoisotopic (exact) mass is 191 g/mol. The maximum absolute atomic E-state index is 3.51. The molecule has 1 unspecified atom stereocenters. The van der Waals surface area contributed by atoms with E-state index in [0.717, 1.165) is 6.54 Å². The van der Waals surface area contributed by atoms with E-state index in [1.165, 1.54) is 23.1 Å². The molecule has 1 N–H and O–H groups in total. The lowest BCUT2D eigenvalue weighted by Crippen LogP contribution is -2.20. The lowest BCUT2D eigenvalue weighted by atomic mass is 10.0. The normalized spacial score (nSPS) is 12.9. The van der Waals surface area contributed by atoms with Gasteiger partial charge in [-0.05, 0) is 44.9 Å². The van der Waals surface area contributed by atoms with Crippen molar-refractivity contribution in [1.82, 2.24) is 5.32 Å². The molecule has 0 radical (unpaired) electrons. The van der Waals surface area contributed by atoms with Crippen molar-refractivity contribution in [1.29, 1.82) is 0 Å². The SMILES string of the molecule is CCCNC(C)c1ccc(C)cc1C. The number of rotatable bonds is 4. The molecular weight excluding hydrogens is 170 g/mol. The lowest BCUT2D eigenvalue weighted by molar-refractivity contribution is 0.568. The van der Waals surface area contributed by atoms with E-state index < -0.39 is 0 Å². The number of aryl methyl sites for hydroxylation is 2. The average Bonchev–Trinajstić information content (AvgIpc) is 2.14. The molecule has 0 saturated carbocycles. The van der Waals surface area contributed by atoms with Crippen molar-refractivity contribution in [2.45, 2.75) is 40.2 Å². The second-order valence-corrected chi connectivity index (χ2v) is 4.04. The summed E-state index contributed by atoms with van der Waals surface area (Å²) in [5.41, 5.74) is 4.15. The third kappa shape index (κ3) is 2.85. The number of nitrogens with one attached hydrogen (secondary N) is 1. The predicted octanol–water partition coefficient (Wildman–Crippen LogP) is 3.36. The van der Waals surface area contributed by atoms with Crippen LogP contribution >= 0.6 is 0 Å². The van der Waals surface area contributed by atoms with Gasteiger partial charge in [0.1, 0.15) is 0 Å². The summed E-state index contributed by atoms with van der Waals surface area (Å²) < 4.78 is 0. The Morgan fingerprint density at radius 1 is 1.29 bits per heavy atom. The van der Waals surface area contributed by atoms with Crippen LogP contribution in [0.5, 0.6) is 0 Å². The quantitative estimate of drug-likeness (QED) is 0.769. The van der Waals surface area contributed by atoms with E-state index in [-0.39, 0.29) is 0 Å². The summed E-state index contributed by atoms with van der Waals surface area (Å²) >= 11 is 0. The van der Waals surface area contributed by atoms with Crippen molar-refractivity contribution in [2.24, 2.45) is 0 Å². The number of hydrogen-bond acceptors (Lipinski definition) is 1. The van der Waals surface area contributed by atoms with Gasteiger partial charge in [0.15, 0.2) is 0 Å². The molecule has 0 aliphatic heterocycles. The fourth-order valence-corrected chi connectivity index (χ4v) is 1.78. The minimum absolute atomic E-state index is 0.468. The van der Waals surface area contributed by atoms with Gasteiger partial charge < -0.3 is 5.32 Å². The van der Waals surface area contributed by atoms with Gasteiger partial charge in [-0.2, -0.15) is 0 Å². The van der Waals surface area contributed by atoms with Crippen LogP contribution in [0.1, 0.15) is 43.0 Å². The Kier molecular flexibility index (Phi) is 4.15. The van der Waals surface area contributed by atoms with Gasteiger partial charge in [0.2, 0.25) is 0 Å². The molecule has 1 atom stereocenters. The summed E-state index contributed by atoms with van der Waals surface area (Å²) in [4.78, 5) is 0. The van der Waals surface area contributed by atoms with Crippen LogP contribution in [-0.2, 0) is 0 Å². The zero-order valence-corrected chi connectivity index (χ0v) is 9.72. The van der Waals surface area contributed by atoms with Crippen LogP contribution in [0.4, 0.5) is 0 Å². The Morgan fingerprint density at radius 3 is 2.57 bits per heavy atom. The van der Waals surface area contributed by atoms with Gasteiger partial charge in [0, 0.05) is 6.04 Å². The van der Waals surface area contributed by atoms with Crippen LogP contribution < -0.4 is 5.32 Å². The van der Waals surface area contributed by atoms with E-state index >= 15 is 0 Å². The van der Waals surface area contributed by atoms with Gasteiger partial charge in [-0.25, -0.2) is 0 Å². The highest BCUT2D eigenvalue weighted by Crippen LogP contribution is 2.18. The first kappa shape index (κ1) is 11.3. The summed E-state index contributed by atoms with van der Waals surface area (Å²) in [6.07, 6.45) is 1.19. The molecule has 0 spiro atoms. The fraction of sp³-hybridized carbons (Fsp3) is 0.538. The molecule has 1 rings (SSSR count). The fourth-order valence-electron chi connectivity index (χ4n) is 1.78. The minimum Gasteiger partial charge on any atom is -0.310 e. The molecule has 0 amide bonds. The largest absolute Gasteiger partial charge is 0.310 e. The lowest BCUT2D eigenvalue weighted by Gasteiger charge is -2.16. The number of benzene rings is 1. The zero-order chi connectivity index (χ0) is 10.6. The molecule has 0 aliphatic carbocycles. The Morgan fingerprint density at radius 2 is 2.00 bits per heavy atom. The molecular formula is C13H21N. The summed E-state index contributed by atoms with van der Waals surface area (Å²) in [5, 5.41) is 3.51. The summed E-state index contributed by atoms with van der Waals surface area (Å²) in [7, 11) is 0. The minimum atomic E-state index is 0.468. The molecule has 1 nitrogen and oxygen atoms in total. The van der Waals surface area contributed by atoms with Crippen molar-refractivity contribution < 1.29 is 0 Å². The van der Waals surface area contributed by atoms with Gasteiger partial charge in [0.25, 0.3) is 0 Å². The van der Waals surface area contributed by atoms with Crippen LogP contribution in [0.2, 0.25) is 0 Å². The molecule has 1 aromatic carbocycles. The molecule has 0 heterocycles.